The van der Waals surface area contributed by atoms with Gasteiger partial charge in [0.15, 0.2) is 0 Å². The minimum Gasteiger partial charge on any atom is -0.379 e. The number of hydrogen-bond acceptors (Lipinski definition) is 4. The number of nitro benzene ring substituents is 1. The van der Waals surface area contributed by atoms with E-state index < -0.39 is 16.4 Å². The molecule has 0 aliphatic rings. The first-order chi connectivity index (χ1) is 7.66. The lowest BCUT2D eigenvalue weighted by molar-refractivity contribution is -0.386. The largest absolute Gasteiger partial charge is 0.379 e. The third-order valence-electron chi connectivity index (χ3n) is 2.01. The summed E-state index contributed by atoms with van der Waals surface area (Å²) in [4.78, 5) is 9.95. The van der Waals surface area contributed by atoms with Gasteiger partial charge in [0, 0.05) is 6.54 Å². The van der Waals surface area contributed by atoms with Crippen molar-refractivity contribution in [2.45, 2.75) is 6.42 Å². The molecule has 0 saturated heterocycles. The van der Waals surface area contributed by atoms with Gasteiger partial charge in [-0.25, -0.2) is 0 Å². The number of hydrogen-bond donors (Lipinski definition) is 1. The Bertz CT molecular complexity index is 374. The zero-order valence-corrected chi connectivity index (χ0v) is 9.72. The van der Waals surface area contributed by atoms with Crippen LogP contribution in [0.5, 0.6) is 0 Å². The first-order valence-corrected chi connectivity index (χ1v) is 6.22. The highest BCUT2D eigenvalue weighted by molar-refractivity contribution is 7.98. The summed E-state index contributed by atoms with van der Waals surface area (Å²) in [6, 6.07) is 4.06. The molecule has 0 aliphatic carbocycles. The first-order valence-electron chi connectivity index (χ1n) is 4.82. The molecule has 0 spiro atoms. The number of benzene rings is 1. The van der Waals surface area contributed by atoms with Crippen molar-refractivity contribution in [1.29, 1.82) is 0 Å². The van der Waals surface area contributed by atoms with E-state index in [-0.39, 0.29) is 5.69 Å². The Labute approximate surface area is 97.4 Å². The van der Waals surface area contributed by atoms with Gasteiger partial charge < -0.3 is 5.32 Å². The molecule has 16 heavy (non-hydrogen) atoms. The zero-order valence-electron chi connectivity index (χ0n) is 8.90. The molecule has 0 aliphatic heterocycles. The minimum absolute atomic E-state index is 0.242. The number of anilines is 1. The Morgan fingerprint density at radius 1 is 1.56 bits per heavy atom. The molecule has 88 valence electrons. The van der Waals surface area contributed by atoms with E-state index in [1.165, 1.54) is 12.1 Å². The molecule has 0 atom stereocenters. The van der Waals surface area contributed by atoms with Crippen molar-refractivity contribution in [3.63, 3.8) is 0 Å². The summed E-state index contributed by atoms with van der Waals surface area (Å²) in [5.74, 6) is 0.163. The lowest BCUT2D eigenvalue weighted by Crippen LogP contribution is -2.06. The SMILES string of the molecule is CSCCCNc1cccc(F)c1[N+](=O)[O-]. The molecule has 1 rings (SSSR count). The van der Waals surface area contributed by atoms with Crippen LogP contribution in [0.1, 0.15) is 6.42 Å². The van der Waals surface area contributed by atoms with Gasteiger partial charge in [-0.2, -0.15) is 16.2 Å². The summed E-state index contributed by atoms with van der Waals surface area (Å²) in [7, 11) is 0. The monoisotopic (exact) mass is 244 g/mol. The number of nitrogens with one attached hydrogen (secondary N) is 1. The van der Waals surface area contributed by atoms with E-state index in [2.05, 4.69) is 5.32 Å². The van der Waals surface area contributed by atoms with Gasteiger partial charge in [0.1, 0.15) is 5.69 Å². The Morgan fingerprint density at radius 2 is 2.31 bits per heavy atom. The number of nitrogens with zero attached hydrogens (tertiary/aromatic N) is 1. The second-order valence-corrected chi connectivity index (χ2v) is 4.15. The van der Waals surface area contributed by atoms with Crippen LogP contribution in [0.4, 0.5) is 15.8 Å². The molecular formula is C10H13FN2O2S. The smallest absolute Gasteiger partial charge is 0.327 e. The van der Waals surface area contributed by atoms with E-state index in [0.29, 0.717) is 6.54 Å². The van der Waals surface area contributed by atoms with Gasteiger partial charge in [0.25, 0.3) is 0 Å². The molecule has 1 N–H and O–H groups in total. The van der Waals surface area contributed by atoms with Crippen LogP contribution in [0.15, 0.2) is 18.2 Å². The van der Waals surface area contributed by atoms with Crippen LogP contribution in [0.2, 0.25) is 0 Å². The maximum Gasteiger partial charge on any atom is 0.327 e. The summed E-state index contributed by atoms with van der Waals surface area (Å²) in [5.41, 5.74) is -0.238. The highest BCUT2D eigenvalue weighted by Crippen LogP contribution is 2.26. The lowest BCUT2D eigenvalue weighted by atomic mass is 10.2. The average Bonchev–Trinajstić information content (AvgIpc) is 2.24. The number of thioether (sulfide) groups is 1. The molecular weight excluding hydrogens is 231 g/mol. The van der Waals surface area contributed by atoms with Crippen LogP contribution in [-0.4, -0.2) is 23.5 Å². The van der Waals surface area contributed by atoms with E-state index in [1.54, 1.807) is 11.8 Å². The van der Waals surface area contributed by atoms with Crippen molar-refractivity contribution in [3.8, 4) is 0 Å². The molecule has 0 radical (unpaired) electrons. The first kappa shape index (κ1) is 12.8. The molecule has 0 aromatic heterocycles. The molecule has 0 unspecified atom stereocenters. The quantitative estimate of drug-likeness (QED) is 0.475. The predicted molar refractivity (Wildman–Crippen MR) is 64.5 cm³/mol. The van der Waals surface area contributed by atoms with E-state index >= 15 is 0 Å². The van der Waals surface area contributed by atoms with Crippen molar-refractivity contribution in [2.24, 2.45) is 0 Å². The van der Waals surface area contributed by atoms with Gasteiger partial charge >= 0.3 is 5.69 Å². The highest BCUT2D eigenvalue weighted by atomic mass is 32.2. The molecule has 6 heteroatoms. The lowest BCUT2D eigenvalue weighted by Gasteiger charge is -2.06. The highest BCUT2D eigenvalue weighted by Gasteiger charge is 2.18. The molecule has 0 heterocycles. The third-order valence-corrected chi connectivity index (χ3v) is 2.71. The fourth-order valence-corrected chi connectivity index (χ4v) is 1.72. The maximum atomic E-state index is 13.2. The second kappa shape index (κ2) is 6.32. The Hall–Kier alpha value is -1.30. The molecule has 1 aromatic rings. The molecule has 1 aromatic carbocycles. The second-order valence-electron chi connectivity index (χ2n) is 3.17. The molecule has 4 nitrogen and oxygen atoms in total. The van der Waals surface area contributed by atoms with Crippen molar-refractivity contribution < 1.29 is 9.31 Å². The standard InChI is InChI=1S/C10H13FN2O2S/c1-16-7-3-6-12-9-5-2-4-8(11)10(9)13(14)15/h2,4-5,12H,3,6-7H2,1H3. The van der Waals surface area contributed by atoms with E-state index in [1.807, 2.05) is 6.26 Å². The summed E-state index contributed by atoms with van der Waals surface area (Å²) >= 11 is 1.70. The van der Waals surface area contributed by atoms with Crippen LogP contribution in [0, 0.1) is 15.9 Å². The van der Waals surface area contributed by atoms with E-state index in [4.69, 9.17) is 0 Å². The van der Waals surface area contributed by atoms with Crippen molar-refractivity contribution in [1.82, 2.24) is 0 Å². The zero-order chi connectivity index (χ0) is 12.0. The third kappa shape index (κ3) is 3.37. The summed E-state index contributed by atoms with van der Waals surface area (Å²) in [5, 5.41) is 13.5. The topological polar surface area (TPSA) is 55.2 Å². The van der Waals surface area contributed by atoms with Crippen LogP contribution in [-0.2, 0) is 0 Å². The van der Waals surface area contributed by atoms with Gasteiger partial charge in [-0.15, -0.1) is 0 Å². The molecule has 0 amide bonds. The van der Waals surface area contributed by atoms with Crippen LogP contribution < -0.4 is 5.32 Å². The van der Waals surface area contributed by atoms with Crippen molar-refractivity contribution in [2.75, 3.05) is 23.9 Å². The van der Waals surface area contributed by atoms with Gasteiger partial charge in [0.05, 0.1) is 4.92 Å². The van der Waals surface area contributed by atoms with E-state index in [9.17, 15) is 14.5 Å². The minimum atomic E-state index is -0.806. The Balaban J connectivity index is 2.71. The van der Waals surface area contributed by atoms with Crippen LogP contribution in [0.25, 0.3) is 0 Å². The summed E-state index contributed by atoms with van der Waals surface area (Å²) < 4.78 is 13.2. The fourth-order valence-electron chi connectivity index (χ4n) is 1.28. The number of rotatable bonds is 6. The molecule has 0 saturated carbocycles. The number of para-hydroxylation sites is 1. The summed E-state index contributed by atoms with van der Waals surface area (Å²) in [6.07, 6.45) is 2.87. The predicted octanol–water partition coefficient (Wildman–Crippen LogP) is 2.90. The Kier molecular flexibility index (Phi) is 5.04. The van der Waals surface area contributed by atoms with Gasteiger partial charge in [0.2, 0.25) is 5.82 Å². The normalized spacial score (nSPS) is 10.1. The van der Waals surface area contributed by atoms with Gasteiger partial charge in [-0.1, -0.05) is 6.07 Å². The Morgan fingerprint density at radius 3 is 2.94 bits per heavy atom. The maximum absolute atomic E-state index is 13.2. The van der Waals surface area contributed by atoms with E-state index in [0.717, 1.165) is 18.2 Å². The number of nitro groups is 1. The van der Waals surface area contributed by atoms with Crippen molar-refractivity contribution in [3.05, 3.63) is 34.1 Å². The average molecular weight is 244 g/mol. The number of halogens is 1. The fraction of sp³-hybridized carbons (Fsp3) is 0.400. The van der Waals surface area contributed by atoms with Crippen molar-refractivity contribution >= 4 is 23.1 Å². The molecule has 0 fully saturated rings. The van der Waals surface area contributed by atoms with Crippen LogP contribution in [0.3, 0.4) is 0 Å². The molecule has 0 bridgehead atoms. The van der Waals surface area contributed by atoms with Crippen LogP contribution >= 0.6 is 11.8 Å². The summed E-state index contributed by atoms with van der Waals surface area (Å²) in [6.45, 7) is 0.602. The van der Waals surface area contributed by atoms with Gasteiger partial charge in [-0.3, -0.25) is 10.1 Å². The van der Waals surface area contributed by atoms with Gasteiger partial charge in [-0.05, 0) is 30.6 Å².